The predicted molar refractivity (Wildman–Crippen MR) is 80.8 cm³/mol. The van der Waals surface area contributed by atoms with Gasteiger partial charge in [-0.25, -0.2) is 8.42 Å². The lowest BCUT2D eigenvalue weighted by atomic mass is 10.0. The van der Waals surface area contributed by atoms with Gasteiger partial charge in [0.1, 0.15) is 0 Å². The van der Waals surface area contributed by atoms with Crippen molar-refractivity contribution in [1.82, 2.24) is 9.62 Å². The Bertz CT molecular complexity index is 333. The Morgan fingerprint density at radius 2 is 1.74 bits per heavy atom. The van der Waals surface area contributed by atoms with E-state index in [-0.39, 0.29) is 12.1 Å². The highest BCUT2D eigenvalue weighted by molar-refractivity contribution is 7.89. The molecule has 0 radical (unpaired) electrons. The van der Waals surface area contributed by atoms with Gasteiger partial charge in [0.05, 0.1) is 5.75 Å². The molecule has 1 aliphatic heterocycles. The zero-order valence-corrected chi connectivity index (χ0v) is 13.5. The number of sulfonamides is 1. The van der Waals surface area contributed by atoms with Crippen molar-refractivity contribution < 1.29 is 8.42 Å². The van der Waals surface area contributed by atoms with Crippen LogP contribution >= 0.6 is 0 Å². The van der Waals surface area contributed by atoms with Crippen molar-refractivity contribution in [2.45, 2.75) is 71.4 Å². The molecule has 1 fully saturated rings. The van der Waals surface area contributed by atoms with Crippen LogP contribution in [0.5, 0.6) is 0 Å². The first-order valence-corrected chi connectivity index (χ1v) is 9.32. The van der Waals surface area contributed by atoms with E-state index in [4.69, 9.17) is 0 Å². The van der Waals surface area contributed by atoms with Crippen molar-refractivity contribution in [2.75, 3.05) is 18.8 Å². The smallest absolute Gasteiger partial charge is 0.214 e. The van der Waals surface area contributed by atoms with Crippen molar-refractivity contribution in [3.63, 3.8) is 0 Å². The van der Waals surface area contributed by atoms with E-state index in [2.05, 4.69) is 12.2 Å². The molecule has 1 rings (SSSR count). The second-order valence-electron chi connectivity index (χ2n) is 5.73. The van der Waals surface area contributed by atoms with E-state index in [1.165, 1.54) is 0 Å². The topological polar surface area (TPSA) is 49.4 Å². The lowest BCUT2D eigenvalue weighted by Gasteiger charge is -2.37. The summed E-state index contributed by atoms with van der Waals surface area (Å²) < 4.78 is 26.6. The average molecular weight is 290 g/mol. The van der Waals surface area contributed by atoms with E-state index in [1.54, 1.807) is 4.31 Å². The third kappa shape index (κ3) is 5.40. The first kappa shape index (κ1) is 16.9. The molecular weight excluding hydrogens is 260 g/mol. The summed E-state index contributed by atoms with van der Waals surface area (Å²) in [5, 5.41) is 3.31. The van der Waals surface area contributed by atoms with E-state index in [0.29, 0.717) is 5.75 Å². The third-order valence-corrected chi connectivity index (χ3v) is 6.03. The Labute approximate surface area is 119 Å². The molecule has 0 amide bonds. The number of hydrogen-bond acceptors (Lipinski definition) is 3. The summed E-state index contributed by atoms with van der Waals surface area (Å²) >= 11 is 0. The van der Waals surface area contributed by atoms with E-state index in [1.807, 2.05) is 13.8 Å². The van der Waals surface area contributed by atoms with Gasteiger partial charge in [-0.1, -0.05) is 13.3 Å². The molecule has 0 bridgehead atoms. The van der Waals surface area contributed by atoms with Crippen molar-refractivity contribution in [2.24, 2.45) is 0 Å². The Hall–Kier alpha value is -0.130. The van der Waals surface area contributed by atoms with Crippen molar-refractivity contribution in [1.29, 1.82) is 0 Å². The first-order chi connectivity index (χ1) is 8.99. The van der Waals surface area contributed by atoms with Gasteiger partial charge >= 0.3 is 0 Å². The molecule has 0 aromatic heterocycles. The van der Waals surface area contributed by atoms with Crippen LogP contribution in [0.15, 0.2) is 0 Å². The molecule has 1 saturated heterocycles. The summed E-state index contributed by atoms with van der Waals surface area (Å²) in [6.45, 7) is 8.16. The number of rotatable bonds is 8. The highest BCUT2D eigenvalue weighted by Crippen LogP contribution is 2.26. The molecule has 1 aliphatic rings. The number of nitrogens with one attached hydrogen (secondary N) is 1. The molecule has 1 heterocycles. The summed E-state index contributed by atoms with van der Waals surface area (Å²) in [6.07, 6.45) is 5.98. The van der Waals surface area contributed by atoms with Gasteiger partial charge in [-0.05, 0) is 59.0 Å². The first-order valence-electron chi connectivity index (χ1n) is 7.71. The molecule has 19 heavy (non-hydrogen) atoms. The maximum absolute atomic E-state index is 12.4. The van der Waals surface area contributed by atoms with Gasteiger partial charge in [-0.15, -0.1) is 0 Å². The molecule has 4 nitrogen and oxygen atoms in total. The Morgan fingerprint density at radius 1 is 1.11 bits per heavy atom. The molecule has 0 unspecified atom stereocenters. The number of unbranched alkanes of at least 4 members (excludes halogenated alkanes) is 1. The minimum absolute atomic E-state index is 0.173. The highest BCUT2D eigenvalue weighted by Gasteiger charge is 2.33. The number of hydrogen-bond donors (Lipinski definition) is 1. The molecule has 5 heteroatoms. The fraction of sp³-hybridized carbons (Fsp3) is 1.00. The maximum atomic E-state index is 12.4. The molecule has 1 N–H and O–H groups in total. The zero-order chi connectivity index (χ0) is 14.3. The summed E-state index contributed by atoms with van der Waals surface area (Å²) in [4.78, 5) is 0. The van der Waals surface area contributed by atoms with Crippen LogP contribution in [0.25, 0.3) is 0 Å². The fourth-order valence-electron chi connectivity index (χ4n) is 2.89. The summed E-state index contributed by atoms with van der Waals surface area (Å²) in [7, 11) is -3.07. The van der Waals surface area contributed by atoms with Crippen LogP contribution in [0.1, 0.15) is 59.3 Å². The molecule has 0 saturated carbocycles. The highest BCUT2D eigenvalue weighted by atomic mass is 32.2. The van der Waals surface area contributed by atoms with E-state index < -0.39 is 10.0 Å². The SMILES string of the molecule is CCCNCCCCS(=O)(=O)N1[C@H](C)CCC[C@@H]1C. The monoisotopic (exact) mass is 290 g/mol. The molecule has 0 spiro atoms. The largest absolute Gasteiger partial charge is 0.317 e. The van der Waals surface area contributed by atoms with Crippen LogP contribution in [0, 0.1) is 0 Å². The standard InChI is InChI=1S/C14H30N2O2S/c1-4-10-15-11-5-6-12-19(17,18)16-13(2)8-7-9-14(16)3/h13-15H,4-12H2,1-3H3/t13-,14+. The molecule has 0 aromatic carbocycles. The van der Waals surface area contributed by atoms with Gasteiger partial charge in [-0.3, -0.25) is 0 Å². The average Bonchev–Trinajstić information content (AvgIpc) is 2.33. The van der Waals surface area contributed by atoms with Gasteiger partial charge in [0.25, 0.3) is 0 Å². The molecule has 114 valence electrons. The second-order valence-corrected chi connectivity index (χ2v) is 7.73. The number of piperidine rings is 1. The Morgan fingerprint density at radius 3 is 2.32 bits per heavy atom. The van der Waals surface area contributed by atoms with E-state index in [0.717, 1.165) is 51.6 Å². The normalized spacial score (nSPS) is 25.6. The molecule has 2 atom stereocenters. The van der Waals surface area contributed by atoms with Crippen molar-refractivity contribution in [3.05, 3.63) is 0 Å². The molecule has 0 aliphatic carbocycles. The van der Waals surface area contributed by atoms with Crippen LogP contribution in [0.4, 0.5) is 0 Å². The zero-order valence-electron chi connectivity index (χ0n) is 12.7. The quantitative estimate of drug-likeness (QED) is 0.698. The van der Waals surface area contributed by atoms with Crippen molar-refractivity contribution in [3.8, 4) is 0 Å². The van der Waals surface area contributed by atoms with Crippen LogP contribution in [0.3, 0.4) is 0 Å². The minimum Gasteiger partial charge on any atom is -0.317 e. The second kappa shape index (κ2) is 8.22. The van der Waals surface area contributed by atoms with Gasteiger partial charge in [0, 0.05) is 12.1 Å². The maximum Gasteiger partial charge on any atom is 0.214 e. The summed E-state index contributed by atoms with van der Waals surface area (Å²) in [5.41, 5.74) is 0. The molecular formula is C14H30N2O2S. The lowest BCUT2D eigenvalue weighted by Crippen LogP contribution is -2.48. The predicted octanol–water partition coefficient (Wildman–Crippen LogP) is 2.36. The Balaban J connectivity index is 2.37. The minimum atomic E-state index is -3.07. The fourth-order valence-corrected chi connectivity index (χ4v) is 4.97. The number of nitrogens with zero attached hydrogens (tertiary/aromatic N) is 1. The Kier molecular flexibility index (Phi) is 7.32. The lowest BCUT2D eigenvalue weighted by molar-refractivity contribution is 0.204. The summed E-state index contributed by atoms with van der Waals surface area (Å²) in [5.74, 6) is 0.301. The van der Waals surface area contributed by atoms with Crippen LogP contribution in [-0.4, -0.2) is 43.6 Å². The van der Waals surface area contributed by atoms with E-state index >= 15 is 0 Å². The third-order valence-electron chi connectivity index (χ3n) is 3.87. The van der Waals surface area contributed by atoms with E-state index in [9.17, 15) is 8.42 Å². The van der Waals surface area contributed by atoms with Gasteiger partial charge in [0.15, 0.2) is 0 Å². The van der Waals surface area contributed by atoms with Crippen LogP contribution in [0.2, 0.25) is 0 Å². The van der Waals surface area contributed by atoms with Gasteiger partial charge in [0.2, 0.25) is 10.0 Å². The summed E-state index contributed by atoms with van der Waals surface area (Å²) in [6, 6.07) is 0.346. The van der Waals surface area contributed by atoms with Crippen LogP contribution < -0.4 is 5.32 Å². The van der Waals surface area contributed by atoms with Crippen LogP contribution in [-0.2, 0) is 10.0 Å². The molecule has 0 aromatic rings. The van der Waals surface area contributed by atoms with Crippen molar-refractivity contribution >= 4 is 10.0 Å². The van der Waals surface area contributed by atoms with Gasteiger partial charge < -0.3 is 5.32 Å². The van der Waals surface area contributed by atoms with Gasteiger partial charge in [-0.2, -0.15) is 4.31 Å².